The van der Waals surface area contributed by atoms with Gasteiger partial charge in [-0.25, -0.2) is 0 Å². The topological polar surface area (TPSA) is 20.2 Å². The van der Waals surface area contributed by atoms with E-state index in [0.717, 1.165) is 6.42 Å². The molecule has 0 fully saturated rings. The minimum atomic E-state index is -2.34. The van der Waals surface area contributed by atoms with Crippen LogP contribution in [0.5, 0.6) is 0 Å². The smallest absolute Gasteiger partial charge is 0.214 e. The van der Waals surface area contributed by atoms with E-state index < -0.39 is 16.4 Å². The SMILES string of the molecule is CC1=C2C3=C(C(=C1C1=C([Si](C)(C)O)C=CC1)[Si]2(C)C)C1C=CC=CC1=[C]3. The molecule has 0 spiro atoms. The molecular weight excluding hydrogens is 348 g/mol. The first-order chi connectivity index (χ1) is 12.2. The van der Waals surface area contributed by atoms with Crippen LogP contribution in [0, 0.1) is 12.0 Å². The average Bonchev–Trinajstić information content (AvgIpc) is 3.24. The summed E-state index contributed by atoms with van der Waals surface area (Å²) < 4.78 is 0. The van der Waals surface area contributed by atoms with Crippen molar-refractivity contribution in [2.24, 2.45) is 5.92 Å². The Bertz CT molecular complexity index is 1010. The predicted molar refractivity (Wildman–Crippen MR) is 113 cm³/mol. The van der Waals surface area contributed by atoms with Crippen molar-refractivity contribution >= 4 is 16.4 Å². The Labute approximate surface area is 158 Å². The molecule has 3 heteroatoms. The lowest BCUT2D eigenvalue weighted by molar-refractivity contribution is 0.563. The van der Waals surface area contributed by atoms with Gasteiger partial charge in [0.1, 0.15) is 8.07 Å². The first-order valence-electron chi connectivity index (χ1n) is 9.56. The fourth-order valence-corrected chi connectivity index (χ4v) is 11.2. The van der Waals surface area contributed by atoms with Gasteiger partial charge in [-0.3, -0.25) is 0 Å². The molecule has 131 valence electrons. The fourth-order valence-electron chi connectivity index (χ4n) is 5.64. The van der Waals surface area contributed by atoms with E-state index in [-0.39, 0.29) is 0 Å². The monoisotopic (exact) mass is 373 g/mol. The summed E-state index contributed by atoms with van der Waals surface area (Å²) in [4.78, 5) is 10.9. The van der Waals surface area contributed by atoms with Crippen molar-refractivity contribution in [1.29, 1.82) is 0 Å². The third kappa shape index (κ3) is 1.89. The van der Waals surface area contributed by atoms with Crippen LogP contribution in [-0.2, 0) is 0 Å². The second-order valence-electron chi connectivity index (χ2n) is 9.02. The minimum Gasteiger partial charge on any atom is -0.428 e. The fraction of sp³-hybridized carbons (Fsp3) is 0.304. The number of allylic oxidation sites excluding steroid dienone is 16. The van der Waals surface area contributed by atoms with Crippen molar-refractivity contribution in [3.8, 4) is 0 Å². The van der Waals surface area contributed by atoms with Gasteiger partial charge in [0.15, 0.2) is 0 Å². The van der Waals surface area contributed by atoms with Crippen LogP contribution in [-0.4, -0.2) is 21.2 Å². The molecule has 1 radical (unpaired) electrons. The summed E-state index contributed by atoms with van der Waals surface area (Å²) in [6.45, 7) is 11.4. The van der Waals surface area contributed by atoms with Crippen molar-refractivity contribution < 1.29 is 4.80 Å². The van der Waals surface area contributed by atoms with E-state index in [4.69, 9.17) is 0 Å². The maximum absolute atomic E-state index is 10.9. The Morgan fingerprint density at radius 2 is 1.92 bits per heavy atom. The molecule has 2 bridgehead atoms. The molecule has 2 aliphatic heterocycles. The van der Waals surface area contributed by atoms with E-state index in [2.05, 4.69) is 62.5 Å². The molecule has 1 nitrogen and oxygen atoms in total. The third-order valence-electron chi connectivity index (χ3n) is 6.54. The molecule has 26 heavy (non-hydrogen) atoms. The molecule has 2 heterocycles. The number of rotatable bonds is 2. The van der Waals surface area contributed by atoms with Gasteiger partial charge in [0.2, 0.25) is 8.32 Å². The van der Waals surface area contributed by atoms with Crippen LogP contribution in [0.4, 0.5) is 0 Å². The summed E-state index contributed by atoms with van der Waals surface area (Å²) in [5, 5.41) is 4.45. The van der Waals surface area contributed by atoms with E-state index in [0.29, 0.717) is 5.92 Å². The molecule has 3 aliphatic carbocycles. The lowest BCUT2D eigenvalue weighted by Gasteiger charge is -2.26. The zero-order chi connectivity index (χ0) is 18.4. The molecule has 1 unspecified atom stereocenters. The molecule has 0 aromatic heterocycles. The Balaban J connectivity index is 1.77. The van der Waals surface area contributed by atoms with Gasteiger partial charge in [-0.05, 0) is 81.5 Å². The summed E-state index contributed by atoms with van der Waals surface area (Å²) in [7, 11) is -4.00. The molecule has 0 saturated heterocycles. The van der Waals surface area contributed by atoms with Crippen LogP contribution in [0.2, 0.25) is 26.2 Å². The first-order valence-corrected chi connectivity index (χ1v) is 15.5. The Morgan fingerprint density at radius 3 is 2.65 bits per heavy atom. The molecule has 1 N–H and O–H groups in total. The van der Waals surface area contributed by atoms with E-state index in [1.54, 1.807) is 10.4 Å². The Kier molecular flexibility index (Phi) is 3.15. The summed E-state index contributed by atoms with van der Waals surface area (Å²) in [6.07, 6.45) is 18.0. The molecule has 0 saturated carbocycles. The van der Waals surface area contributed by atoms with Crippen molar-refractivity contribution in [2.75, 3.05) is 0 Å². The summed E-state index contributed by atoms with van der Waals surface area (Å²) in [5.41, 5.74) is 8.61. The van der Waals surface area contributed by atoms with Crippen LogP contribution < -0.4 is 0 Å². The lowest BCUT2D eigenvalue weighted by atomic mass is 9.84. The van der Waals surface area contributed by atoms with Gasteiger partial charge < -0.3 is 4.80 Å². The van der Waals surface area contributed by atoms with E-state index in [1.165, 1.54) is 38.6 Å². The number of fused-ring (bicyclic) bond motifs is 6. The molecule has 5 aliphatic rings. The molecule has 0 aromatic rings. The highest BCUT2D eigenvalue weighted by atomic mass is 28.4. The molecule has 1 atom stereocenters. The second-order valence-corrected chi connectivity index (χ2v) is 16.9. The predicted octanol–water partition coefficient (Wildman–Crippen LogP) is 5.19. The van der Waals surface area contributed by atoms with Crippen molar-refractivity contribution in [3.05, 3.63) is 91.6 Å². The Morgan fingerprint density at radius 1 is 1.15 bits per heavy atom. The van der Waals surface area contributed by atoms with Gasteiger partial charge in [-0.2, -0.15) is 0 Å². The zero-order valence-corrected chi connectivity index (χ0v) is 18.2. The average molecular weight is 374 g/mol. The molecule has 0 aromatic carbocycles. The first kappa shape index (κ1) is 16.5. The van der Waals surface area contributed by atoms with Crippen molar-refractivity contribution in [2.45, 2.75) is 39.5 Å². The van der Waals surface area contributed by atoms with Crippen LogP contribution in [0.15, 0.2) is 85.5 Å². The van der Waals surface area contributed by atoms with Gasteiger partial charge >= 0.3 is 0 Å². The molecule has 0 amide bonds. The van der Waals surface area contributed by atoms with Gasteiger partial charge in [-0.1, -0.05) is 49.6 Å². The van der Waals surface area contributed by atoms with Gasteiger partial charge in [0.25, 0.3) is 0 Å². The van der Waals surface area contributed by atoms with Crippen molar-refractivity contribution in [3.63, 3.8) is 0 Å². The number of hydrogen-bond donors (Lipinski definition) is 1. The summed E-state index contributed by atoms with van der Waals surface area (Å²) in [6, 6.07) is 0. The van der Waals surface area contributed by atoms with E-state index in [1.807, 2.05) is 13.1 Å². The van der Waals surface area contributed by atoms with Crippen LogP contribution in [0.3, 0.4) is 0 Å². The lowest BCUT2D eigenvalue weighted by Crippen LogP contribution is -2.29. The number of hydrogen-bond acceptors (Lipinski definition) is 1. The minimum absolute atomic E-state index is 0.384. The zero-order valence-electron chi connectivity index (χ0n) is 16.2. The van der Waals surface area contributed by atoms with E-state index in [9.17, 15) is 4.80 Å². The molecular formula is C23H25OSi2. The second kappa shape index (κ2) is 4.97. The standard InChI is InChI=1S/C23H25OSi2/c1-14-20(17-11-8-12-19(17)26(4,5)24)23-21-16-10-7-6-9-15(16)13-18(21)22(14)25(23,2)3/h6-10,12,16,24H,11H2,1-5H3. The highest BCUT2D eigenvalue weighted by Gasteiger charge is 2.53. The summed E-state index contributed by atoms with van der Waals surface area (Å²) in [5.74, 6) is 0.384. The molecule has 5 rings (SSSR count). The normalized spacial score (nSPS) is 28.1. The Hall–Kier alpha value is -1.69. The van der Waals surface area contributed by atoms with Gasteiger partial charge in [0, 0.05) is 5.92 Å². The largest absolute Gasteiger partial charge is 0.428 e. The van der Waals surface area contributed by atoms with Crippen LogP contribution in [0.25, 0.3) is 0 Å². The summed E-state index contributed by atoms with van der Waals surface area (Å²) >= 11 is 0. The quantitative estimate of drug-likeness (QED) is 0.661. The van der Waals surface area contributed by atoms with Gasteiger partial charge in [-0.15, -0.1) is 0 Å². The van der Waals surface area contributed by atoms with E-state index >= 15 is 0 Å². The van der Waals surface area contributed by atoms with Crippen molar-refractivity contribution in [1.82, 2.24) is 0 Å². The maximum Gasteiger partial charge on any atom is 0.214 e. The van der Waals surface area contributed by atoms with Crippen LogP contribution in [0.1, 0.15) is 13.3 Å². The maximum atomic E-state index is 10.9. The highest BCUT2D eigenvalue weighted by Crippen LogP contribution is 2.60. The third-order valence-corrected chi connectivity index (χ3v) is 12.0. The highest BCUT2D eigenvalue weighted by molar-refractivity contribution is 6.95. The van der Waals surface area contributed by atoms with Gasteiger partial charge in [0.05, 0.1) is 0 Å². The van der Waals surface area contributed by atoms with Crippen LogP contribution >= 0.6 is 0 Å².